The number of hydrogen-bond acceptors (Lipinski definition) is 4. The van der Waals surface area contributed by atoms with Crippen molar-refractivity contribution in [1.82, 2.24) is 19.5 Å². The molecule has 0 spiro atoms. The van der Waals surface area contributed by atoms with Crippen LogP contribution in [0.4, 0.5) is 5.95 Å². The summed E-state index contributed by atoms with van der Waals surface area (Å²) in [6, 6.07) is 3.88. The number of benzene rings is 1. The molecule has 0 saturated carbocycles. The van der Waals surface area contributed by atoms with E-state index in [0.29, 0.717) is 5.95 Å². The summed E-state index contributed by atoms with van der Waals surface area (Å²) in [5.41, 5.74) is 10.2. The van der Waals surface area contributed by atoms with Gasteiger partial charge in [0.2, 0.25) is 5.95 Å². The van der Waals surface area contributed by atoms with Gasteiger partial charge >= 0.3 is 0 Å². The van der Waals surface area contributed by atoms with Gasteiger partial charge in [0, 0.05) is 13.2 Å². The van der Waals surface area contributed by atoms with Gasteiger partial charge in [-0.2, -0.15) is 0 Å². The monoisotopic (exact) mass is 213 g/mol. The van der Waals surface area contributed by atoms with E-state index in [9.17, 15) is 0 Å². The van der Waals surface area contributed by atoms with Crippen LogP contribution in [-0.4, -0.2) is 19.5 Å². The molecule has 3 aromatic rings. The van der Waals surface area contributed by atoms with Gasteiger partial charge in [0.25, 0.3) is 0 Å². The van der Waals surface area contributed by atoms with Crippen molar-refractivity contribution in [2.75, 3.05) is 5.73 Å². The highest BCUT2D eigenvalue weighted by Crippen LogP contribution is 2.21. The molecule has 1 aromatic carbocycles. The second-order valence-corrected chi connectivity index (χ2v) is 3.87. The van der Waals surface area contributed by atoms with Gasteiger partial charge in [-0.15, -0.1) is 0 Å². The summed E-state index contributed by atoms with van der Waals surface area (Å²) in [5, 5.41) is 0. The molecule has 0 atom stereocenters. The largest absolute Gasteiger partial charge is 0.369 e. The quantitative estimate of drug-likeness (QED) is 0.613. The Bertz CT molecular complexity index is 698. The molecule has 2 aromatic heterocycles. The van der Waals surface area contributed by atoms with Gasteiger partial charge in [0.15, 0.2) is 0 Å². The van der Waals surface area contributed by atoms with Gasteiger partial charge in [0.05, 0.1) is 27.8 Å². The Labute approximate surface area is 91.9 Å². The minimum absolute atomic E-state index is 0.502. The molecule has 5 nitrogen and oxygen atoms in total. The van der Waals surface area contributed by atoms with Gasteiger partial charge in [-0.3, -0.25) is 4.98 Å². The summed E-state index contributed by atoms with van der Waals surface area (Å²) in [6.07, 6.45) is 1.76. The number of aromatic nitrogens is 4. The lowest BCUT2D eigenvalue weighted by Crippen LogP contribution is -1.96. The standard InChI is InChI=1S/C11H11N5/c1-6-5-13-7-4-10-9(3-8(7)14-6)15-11(12)16(10)2/h3-5H,1-2H3,(H2,12,15). The van der Waals surface area contributed by atoms with Crippen LogP contribution in [0.2, 0.25) is 0 Å². The van der Waals surface area contributed by atoms with Crippen LogP contribution < -0.4 is 5.73 Å². The lowest BCUT2D eigenvalue weighted by Gasteiger charge is -1.99. The summed E-state index contributed by atoms with van der Waals surface area (Å²) in [5.74, 6) is 0.502. The third-order valence-corrected chi connectivity index (χ3v) is 2.70. The van der Waals surface area contributed by atoms with E-state index in [4.69, 9.17) is 5.73 Å². The number of rotatable bonds is 0. The molecule has 2 heterocycles. The number of fused-ring (bicyclic) bond motifs is 2. The predicted octanol–water partition coefficient (Wildman–Crippen LogP) is 1.41. The third kappa shape index (κ3) is 1.14. The van der Waals surface area contributed by atoms with E-state index in [-0.39, 0.29) is 0 Å². The second-order valence-electron chi connectivity index (χ2n) is 3.87. The zero-order valence-electron chi connectivity index (χ0n) is 9.10. The highest BCUT2D eigenvalue weighted by atomic mass is 15.1. The Kier molecular flexibility index (Phi) is 1.65. The summed E-state index contributed by atoms with van der Waals surface area (Å²) < 4.78 is 1.84. The van der Waals surface area contributed by atoms with Crippen molar-refractivity contribution in [3.63, 3.8) is 0 Å². The molecule has 2 N–H and O–H groups in total. The van der Waals surface area contributed by atoms with E-state index < -0.39 is 0 Å². The van der Waals surface area contributed by atoms with Crippen molar-refractivity contribution in [3.8, 4) is 0 Å². The summed E-state index contributed by atoms with van der Waals surface area (Å²) in [7, 11) is 1.89. The number of nitrogens with two attached hydrogens (primary N) is 1. The first-order chi connectivity index (χ1) is 7.65. The van der Waals surface area contributed by atoms with Gasteiger partial charge in [-0.05, 0) is 19.1 Å². The van der Waals surface area contributed by atoms with E-state index in [1.807, 2.05) is 30.7 Å². The van der Waals surface area contributed by atoms with Crippen molar-refractivity contribution < 1.29 is 0 Å². The molecule has 0 aliphatic rings. The highest BCUT2D eigenvalue weighted by molar-refractivity contribution is 5.92. The lowest BCUT2D eigenvalue weighted by molar-refractivity contribution is 0.965. The van der Waals surface area contributed by atoms with Crippen molar-refractivity contribution in [2.24, 2.45) is 7.05 Å². The normalized spacial score (nSPS) is 11.4. The SMILES string of the molecule is Cc1cnc2cc3c(cc2n1)nc(N)n3C. The number of imidazole rings is 1. The summed E-state index contributed by atoms with van der Waals surface area (Å²) >= 11 is 0. The van der Waals surface area contributed by atoms with Gasteiger partial charge in [-0.25, -0.2) is 9.97 Å². The molecule has 0 aliphatic heterocycles. The highest BCUT2D eigenvalue weighted by Gasteiger charge is 2.07. The number of hydrogen-bond donors (Lipinski definition) is 1. The molecular formula is C11H11N5. The topological polar surface area (TPSA) is 69.6 Å². The van der Waals surface area contributed by atoms with E-state index in [1.54, 1.807) is 6.20 Å². The Morgan fingerprint density at radius 3 is 2.75 bits per heavy atom. The molecule has 16 heavy (non-hydrogen) atoms. The van der Waals surface area contributed by atoms with Crippen LogP contribution in [0.1, 0.15) is 5.69 Å². The molecule has 0 fully saturated rings. The van der Waals surface area contributed by atoms with Crippen molar-refractivity contribution >= 4 is 28.0 Å². The number of anilines is 1. The number of aryl methyl sites for hydroxylation is 2. The zero-order chi connectivity index (χ0) is 11.3. The maximum Gasteiger partial charge on any atom is 0.200 e. The molecular weight excluding hydrogens is 202 g/mol. The van der Waals surface area contributed by atoms with Crippen LogP contribution in [0.15, 0.2) is 18.3 Å². The number of nitrogens with zero attached hydrogens (tertiary/aromatic N) is 4. The fourth-order valence-electron chi connectivity index (χ4n) is 1.81. The first-order valence-corrected chi connectivity index (χ1v) is 5.00. The first-order valence-electron chi connectivity index (χ1n) is 5.00. The average Bonchev–Trinajstić information content (AvgIpc) is 2.52. The molecule has 0 saturated heterocycles. The Hall–Kier alpha value is -2.17. The maximum atomic E-state index is 5.76. The van der Waals surface area contributed by atoms with Crippen LogP contribution in [0.3, 0.4) is 0 Å². The average molecular weight is 213 g/mol. The molecule has 0 bridgehead atoms. The molecule has 3 rings (SSSR count). The van der Waals surface area contributed by atoms with Gasteiger partial charge in [0.1, 0.15) is 0 Å². The predicted molar refractivity (Wildman–Crippen MR) is 63.0 cm³/mol. The van der Waals surface area contributed by atoms with E-state index >= 15 is 0 Å². The van der Waals surface area contributed by atoms with E-state index in [1.165, 1.54) is 0 Å². The van der Waals surface area contributed by atoms with E-state index in [0.717, 1.165) is 27.8 Å². The Balaban J connectivity index is 2.48. The van der Waals surface area contributed by atoms with Crippen molar-refractivity contribution in [1.29, 1.82) is 0 Å². The summed E-state index contributed by atoms with van der Waals surface area (Å²) in [4.78, 5) is 13.0. The van der Waals surface area contributed by atoms with Crippen LogP contribution >= 0.6 is 0 Å². The fourth-order valence-corrected chi connectivity index (χ4v) is 1.81. The molecule has 80 valence electrons. The lowest BCUT2D eigenvalue weighted by atomic mass is 10.2. The minimum Gasteiger partial charge on any atom is -0.369 e. The second kappa shape index (κ2) is 2.91. The molecule has 0 amide bonds. The maximum absolute atomic E-state index is 5.76. The van der Waals surface area contributed by atoms with E-state index in [2.05, 4.69) is 15.0 Å². The first kappa shape index (κ1) is 9.08. The van der Waals surface area contributed by atoms with Crippen LogP contribution in [0.5, 0.6) is 0 Å². The number of nitrogen functional groups attached to an aromatic ring is 1. The van der Waals surface area contributed by atoms with Gasteiger partial charge < -0.3 is 10.3 Å². The molecule has 0 aliphatic carbocycles. The molecule has 5 heteroatoms. The Morgan fingerprint density at radius 1 is 1.12 bits per heavy atom. The smallest absolute Gasteiger partial charge is 0.200 e. The molecule has 0 unspecified atom stereocenters. The zero-order valence-corrected chi connectivity index (χ0v) is 9.10. The molecule has 0 radical (unpaired) electrons. The minimum atomic E-state index is 0.502. The summed E-state index contributed by atoms with van der Waals surface area (Å²) in [6.45, 7) is 1.92. The van der Waals surface area contributed by atoms with Crippen molar-refractivity contribution in [2.45, 2.75) is 6.92 Å². The van der Waals surface area contributed by atoms with Crippen LogP contribution in [0.25, 0.3) is 22.1 Å². The van der Waals surface area contributed by atoms with Crippen LogP contribution in [0, 0.1) is 6.92 Å². The fraction of sp³-hybridized carbons (Fsp3) is 0.182. The van der Waals surface area contributed by atoms with Gasteiger partial charge in [-0.1, -0.05) is 0 Å². The third-order valence-electron chi connectivity index (χ3n) is 2.70. The van der Waals surface area contributed by atoms with Crippen LogP contribution in [-0.2, 0) is 7.05 Å². The Morgan fingerprint density at radius 2 is 1.94 bits per heavy atom. The van der Waals surface area contributed by atoms with Crippen molar-refractivity contribution in [3.05, 3.63) is 24.0 Å².